The zero-order valence-corrected chi connectivity index (χ0v) is 11.0. The Morgan fingerprint density at radius 1 is 1.22 bits per heavy atom. The monoisotopic (exact) mass is 250 g/mol. The molecule has 0 aromatic heterocycles. The van der Waals surface area contributed by atoms with Crippen LogP contribution in [0.15, 0.2) is 0 Å². The fraction of sp³-hybridized carbons (Fsp3) is 0.857. The molecule has 0 aromatic carbocycles. The van der Waals surface area contributed by atoms with E-state index in [1.54, 1.807) is 0 Å². The molecule has 0 spiro atoms. The summed E-state index contributed by atoms with van der Waals surface area (Å²) in [5, 5.41) is 2.96. The highest BCUT2D eigenvalue weighted by Gasteiger charge is 2.47. The quantitative estimate of drug-likeness (QED) is 0.799. The molecule has 3 aliphatic rings. The highest BCUT2D eigenvalue weighted by Crippen LogP contribution is 2.37. The van der Waals surface area contributed by atoms with Gasteiger partial charge in [-0.25, -0.2) is 0 Å². The first-order chi connectivity index (χ1) is 8.70. The van der Waals surface area contributed by atoms with Gasteiger partial charge in [0.15, 0.2) is 0 Å². The van der Waals surface area contributed by atoms with Gasteiger partial charge >= 0.3 is 0 Å². The zero-order chi connectivity index (χ0) is 12.7. The third-order valence-electron chi connectivity index (χ3n) is 4.33. The molecule has 18 heavy (non-hydrogen) atoms. The van der Waals surface area contributed by atoms with Gasteiger partial charge in [0, 0.05) is 6.54 Å². The molecule has 4 heteroatoms. The van der Waals surface area contributed by atoms with E-state index in [9.17, 15) is 9.59 Å². The molecule has 0 radical (unpaired) electrons. The molecule has 2 atom stereocenters. The highest BCUT2D eigenvalue weighted by atomic mass is 16.2. The molecular weight excluding hydrogens is 228 g/mol. The van der Waals surface area contributed by atoms with E-state index in [0.29, 0.717) is 11.8 Å². The Bertz CT molecular complexity index is 361. The maximum atomic E-state index is 12.5. The van der Waals surface area contributed by atoms with Gasteiger partial charge in [-0.3, -0.25) is 9.59 Å². The maximum absolute atomic E-state index is 12.5. The third-order valence-corrected chi connectivity index (χ3v) is 4.33. The maximum Gasteiger partial charge on any atom is 0.246 e. The minimum absolute atomic E-state index is 0.0778. The molecule has 1 aliphatic heterocycles. The summed E-state index contributed by atoms with van der Waals surface area (Å²) in [7, 11) is 0. The molecule has 1 N–H and O–H groups in total. The number of carbonyl (C=O) groups is 2. The first-order valence-corrected chi connectivity index (χ1v) is 7.31. The normalized spacial score (nSPS) is 32.6. The molecular formula is C14H22N2O2. The van der Waals surface area contributed by atoms with Gasteiger partial charge in [0.1, 0.15) is 12.1 Å². The van der Waals surface area contributed by atoms with Crippen LogP contribution in [0.3, 0.4) is 0 Å². The molecule has 2 aliphatic carbocycles. The van der Waals surface area contributed by atoms with Gasteiger partial charge in [0.25, 0.3) is 0 Å². The van der Waals surface area contributed by atoms with Crippen LogP contribution in [0.1, 0.15) is 45.4 Å². The van der Waals surface area contributed by atoms with Crippen molar-refractivity contribution in [2.24, 2.45) is 11.8 Å². The predicted octanol–water partition coefficient (Wildman–Crippen LogP) is 1.30. The Kier molecular flexibility index (Phi) is 3.04. The van der Waals surface area contributed by atoms with Crippen LogP contribution in [0, 0.1) is 11.8 Å². The first-order valence-electron chi connectivity index (χ1n) is 7.31. The highest BCUT2D eigenvalue weighted by molar-refractivity contribution is 5.97. The molecule has 2 saturated carbocycles. The lowest BCUT2D eigenvalue weighted by Gasteiger charge is -2.39. The molecule has 3 fully saturated rings. The Labute approximate surface area is 108 Å². The van der Waals surface area contributed by atoms with Crippen LogP contribution in [0.4, 0.5) is 0 Å². The minimum atomic E-state index is -0.218. The number of piperazine rings is 1. The van der Waals surface area contributed by atoms with E-state index in [1.807, 2.05) is 4.90 Å². The van der Waals surface area contributed by atoms with Crippen molar-refractivity contribution in [3.8, 4) is 0 Å². The molecule has 4 nitrogen and oxygen atoms in total. The molecule has 0 bridgehead atoms. The number of amides is 2. The summed E-state index contributed by atoms with van der Waals surface area (Å²) >= 11 is 0. The van der Waals surface area contributed by atoms with E-state index >= 15 is 0 Å². The van der Waals surface area contributed by atoms with Crippen LogP contribution in [-0.2, 0) is 9.59 Å². The van der Waals surface area contributed by atoms with Crippen molar-refractivity contribution in [1.82, 2.24) is 10.2 Å². The standard InChI is InChI=1S/C14H22N2O2/c1-2-3-11-13(17)15-12(10-6-7-10)14(18)16(11)8-9-4-5-9/h9-12H,2-8H2,1H3,(H,15,17). The lowest BCUT2D eigenvalue weighted by atomic mass is 10.00. The van der Waals surface area contributed by atoms with Crippen molar-refractivity contribution in [3.05, 3.63) is 0 Å². The van der Waals surface area contributed by atoms with E-state index in [-0.39, 0.29) is 23.9 Å². The molecule has 0 aromatic rings. The van der Waals surface area contributed by atoms with Gasteiger partial charge in [0.2, 0.25) is 11.8 Å². The summed E-state index contributed by atoms with van der Waals surface area (Å²) in [5.74, 6) is 1.32. The van der Waals surface area contributed by atoms with Gasteiger partial charge in [-0.2, -0.15) is 0 Å². The van der Waals surface area contributed by atoms with Gasteiger partial charge in [-0.05, 0) is 43.9 Å². The van der Waals surface area contributed by atoms with Crippen LogP contribution in [0.5, 0.6) is 0 Å². The van der Waals surface area contributed by atoms with Crippen LogP contribution in [-0.4, -0.2) is 35.3 Å². The summed E-state index contributed by atoms with van der Waals surface area (Å²) < 4.78 is 0. The number of hydrogen-bond acceptors (Lipinski definition) is 2. The largest absolute Gasteiger partial charge is 0.342 e. The minimum Gasteiger partial charge on any atom is -0.342 e. The summed E-state index contributed by atoms with van der Waals surface area (Å²) in [6, 6.07) is -0.428. The molecule has 3 rings (SSSR count). The number of rotatable bonds is 5. The summed E-state index contributed by atoms with van der Waals surface area (Å²) in [6.07, 6.45) is 6.36. The molecule has 2 amide bonds. The lowest BCUT2D eigenvalue weighted by Crippen LogP contribution is -2.64. The second kappa shape index (κ2) is 4.56. The van der Waals surface area contributed by atoms with Gasteiger partial charge in [0.05, 0.1) is 0 Å². The van der Waals surface area contributed by atoms with Crippen LogP contribution < -0.4 is 5.32 Å². The fourth-order valence-corrected chi connectivity index (χ4v) is 2.89. The summed E-state index contributed by atoms with van der Waals surface area (Å²) in [4.78, 5) is 26.6. The third kappa shape index (κ3) is 2.25. The number of nitrogens with one attached hydrogen (secondary N) is 1. The average Bonchev–Trinajstić information content (AvgIpc) is 3.20. The average molecular weight is 250 g/mol. The van der Waals surface area contributed by atoms with Crippen molar-refractivity contribution in [3.63, 3.8) is 0 Å². The summed E-state index contributed by atoms with van der Waals surface area (Å²) in [5.41, 5.74) is 0. The summed E-state index contributed by atoms with van der Waals surface area (Å²) in [6.45, 7) is 2.88. The van der Waals surface area contributed by atoms with Crippen molar-refractivity contribution < 1.29 is 9.59 Å². The van der Waals surface area contributed by atoms with Gasteiger partial charge in [-0.15, -0.1) is 0 Å². The van der Waals surface area contributed by atoms with Gasteiger partial charge in [-0.1, -0.05) is 13.3 Å². The molecule has 100 valence electrons. The van der Waals surface area contributed by atoms with Crippen LogP contribution >= 0.6 is 0 Å². The Hall–Kier alpha value is -1.06. The number of hydrogen-bond donors (Lipinski definition) is 1. The second-order valence-electron chi connectivity index (χ2n) is 6.06. The van der Waals surface area contributed by atoms with Crippen molar-refractivity contribution in [1.29, 1.82) is 0 Å². The van der Waals surface area contributed by atoms with E-state index < -0.39 is 0 Å². The van der Waals surface area contributed by atoms with Crippen molar-refractivity contribution >= 4 is 11.8 Å². The van der Waals surface area contributed by atoms with E-state index in [2.05, 4.69) is 12.2 Å². The van der Waals surface area contributed by atoms with Gasteiger partial charge < -0.3 is 10.2 Å². The first kappa shape index (κ1) is 12.0. The van der Waals surface area contributed by atoms with Crippen LogP contribution in [0.2, 0.25) is 0 Å². The Balaban J connectivity index is 1.76. The molecule has 1 saturated heterocycles. The Morgan fingerprint density at radius 3 is 2.50 bits per heavy atom. The number of carbonyl (C=O) groups excluding carboxylic acids is 2. The Morgan fingerprint density at radius 2 is 1.94 bits per heavy atom. The molecule has 2 unspecified atom stereocenters. The zero-order valence-electron chi connectivity index (χ0n) is 11.0. The fourth-order valence-electron chi connectivity index (χ4n) is 2.89. The molecule has 1 heterocycles. The lowest BCUT2D eigenvalue weighted by molar-refractivity contribution is -0.150. The van der Waals surface area contributed by atoms with E-state index in [1.165, 1.54) is 12.8 Å². The van der Waals surface area contributed by atoms with Crippen molar-refractivity contribution in [2.75, 3.05) is 6.54 Å². The predicted molar refractivity (Wildman–Crippen MR) is 67.8 cm³/mol. The SMILES string of the molecule is CCCC1C(=O)NC(C2CC2)C(=O)N1CC1CC1. The van der Waals surface area contributed by atoms with E-state index in [4.69, 9.17) is 0 Å². The topological polar surface area (TPSA) is 49.4 Å². The number of nitrogens with zero attached hydrogens (tertiary/aromatic N) is 1. The van der Waals surface area contributed by atoms with E-state index in [0.717, 1.165) is 32.2 Å². The van der Waals surface area contributed by atoms with Crippen molar-refractivity contribution in [2.45, 2.75) is 57.5 Å². The van der Waals surface area contributed by atoms with Crippen LogP contribution in [0.25, 0.3) is 0 Å². The second-order valence-corrected chi connectivity index (χ2v) is 6.06. The smallest absolute Gasteiger partial charge is 0.246 e.